The number of ether oxygens (including phenoxy) is 1. The van der Waals surface area contributed by atoms with Gasteiger partial charge in [0.25, 0.3) is 11.2 Å². The minimum Gasteiger partial charge on any atom is -0.493 e. The fourth-order valence-electron chi connectivity index (χ4n) is 2.99. The van der Waals surface area contributed by atoms with Crippen LogP contribution in [0.1, 0.15) is 22.4 Å². The molecule has 0 bridgehead atoms. The summed E-state index contributed by atoms with van der Waals surface area (Å²) in [6, 6.07) is 12.3. The van der Waals surface area contributed by atoms with Crippen LogP contribution in [0.3, 0.4) is 0 Å². The third-order valence-corrected chi connectivity index (χ3v) is 6.15. The highest BCUT2D eigenvalue weighted by Crippen LogP contribution is 2.20. The molecule has 0 fully saturated rings. The predicted molar refractivity (Wildman–Crippen MR) is 126 cm³/mol. The lowest BCUT2D eigenvalue weighted by atomic mass is 10.0. The highest BCUT2D eigenvalue weighted by atomic mass is 127. The summed E-state index contributed by atoms with van der Waals surface area (Å²) < 4.78 is 6.20. The second kappa shape index (κ2) is 10.1. The van der Waals surface area contributed by atoms with Crippen molar-refractivity contribution in [1.82, 2.24) is 9.97 Å². The lowest BCUT2D eigenvalue weighted by molar-refractivity contribution is -0.384. The number of halogens is 1. The second-order valence-electron chi connectivity index (χ2n) is 6.75. The molecule has 0 saturated heterocycles. The summed E-state index contributed by atoms with van der Waals surface area (Å²) in [7, 11) is 0. The smallest absolute Gasteiger partial charge is 0.269 e. The first-order valence-electron chi connectivity index (χ1n) is 9.18. The monoisotopic (exact) mass is 537 g/mol. The van der Waals surface area contributed by atoms with Crippen LogP contribution in [0, 0.1) is 27.5 Å². The summed E-state index contributed by atoms with van der Waals surface area (Å²) in [5, 5.41) is 11.2. The normalized spacial score (nSPS) is 10.8. The zero-order valence-electron chi connectivity index (χ0n) is 16.5. The molecule has 0 aliphatic heterocycles. The predicted octanol–water partition coefficient (Wildman–Crippen LogP) is 4.66. The van der Waals surface area contributed by atoms with E-state index in [4.69, 9.17) is 4.74 Å². The molecule has 3 aromatic rings. The molecule has 3 rings (SSSR count). The van der Waals surface area contributed by atoms with Gasteiger partial charge in [-0.25, -0.2) is 4.98 Å². The standard InChI is InChI=1S/C21H20IN3O4S/c1-13-9-14(2)11-15(10-13)12-18-19(22)20(26)24-21(23-18)30-8-7-29-17-5-3-16(4-6-17)25(27)28/h3-6,9-11H,7-8,12H2,1-2H3,(H,23,24,26). The van der Waals surface area contributed by atoms with Gasteiger partial charge in [0.2, 0.25) is 0 Å². The van der Waals surface area contributed by atoms with E-state index < -0.39 is 4.92 Å². The number of hydrogen-bond acceptors (Lipinski definition) is 6. The molecule has 9 heteroatoms. The number of H-pyrrole nitrogens is 1. The number of benzene rings is 2. The maximum atomic E-state index is 12.3. The lowest BCUT2D eigenvalue weighted by Gasteiger charge is -2.09. The quantitative estimate of drug-likeness (QED) is 0.112. The molecule has 1 N–H and O–H groups in total. The summed E-state index contributed by atoms with van der Waals surface area (Å²) in [5.41, 5.74) is 4.12. The van der Waals surface area contributed by atoms with Crippen LogP contribution in [0.2, 0.25) is 0 Å². The fraction of sp³-hybridized carbons (Fsp3) is 0.238. The van der Waals surface area contributed by atoms with Crippen molar-refractivity contribution in [3.63, 3.8) is 0 Å². The molecule has 1 heterocycles. The first-order chi connectivity index (χ1) is 14.3. The number of aromatic nitrogens is 2. The average Bonchev–Trinajstić information content (AvgIpc) is 2.68. The molecule has 7 nitrogen and oxygen atoms in total. The number of nitrogens with one attached hydrogen (secondary N) is 1. The molecule has 1 aromatic heterocycles. The lowest BCUT2D eigenvalue weighted by Crippen LogP contribution is -2.17. The van der Waals surface area contributed by atoms with E-state index in [9.17, 15) is 14.9 Å². The van der Waals surface area contributed by atoms with Gasteiger partial charge in [-0.3, -0.25) is 14.9 Å². The van der Waals surface area contributed by atoms with Gasteiger partial charge in [-0.05, 0) is 54.1 Å². The van der Waals surface area contributed by atoms with E-state index in [1.54, 1.807) is 12.1 Å². The van der Waals surface area contributed by atoms with Crippen molar-refractivity contribution in [1.29, 1.82) is 0 Å². The zero-order chi connectivity index (χ0) is 21.7. The SMILES string of the molecule is Cc1cc(C)cc(Cc2nc(SCCOc3ccc([N+](=O)[O-])cc3)[nH]c(=O)c2I)c1. The Morgan fingerprint density at radius 3 is 2.47 bits per heavy atom. The van der Waals surface area contributed by atoms with Gasteiger partial charge in [0.1, 0.15) is 9.32 Å². The molecule has 2 aromatic carbocycles. The first kappa shape index (κ1) is 22.3. The zero-order valence-corrected chi connectivity index (χ0v) is 19.5. The van der Waals surface area contributed by atoms with E-state index in [0.717, 1.165) is 11.3 Å². The van der Waals surface area contributed by atoms with Crippen LogP contribution in [-0.4, -0.2) is 27.3 Å². The van der Waals surface area contributed by atoms with Gasteiger partial charge < -0.3 is 9.72 Å². The van der Waals surface area contributed by atoms with Crippen molar-refractivity contribution in [3.8, 4) is 5.75 Å². The Hall–Kier alpha value is -2.40. The topological polar surface area (TPSA) is 98.1 Å². The maximum Gasteiger partial charge on any atom is 0.269 e. The van der Waals surface area contributed by atoms with Gasteiger partial charge in [0.15, 0.2) is 5.16 Å². The van der Waals surface area contributed by atoms with E-state index in [1.807, 2.05) is 22.6 Å². The molecular formula is C21H20IN3O4S. The Balaban J connectivity index is 1.62. The largest absolute Gasteiger partial charge is 0.493 e. The molecule has 0 unspecified atom stereocenters. The highest BCUT2D eigenvalue weighted by molar-refractivity contribution is 14.1. The third kappa shape index (κ3) is 6.05. The number of aromatic amines is 1. The third-order valence-electron chi connectivity index (χ3n) is 4.20. The number of nitrogens with zero attached hydrogens (tertiary/aromatic N) is 2. The molecule has 156 valence electrons. The molecule has 0 amide bonds. The van der Waals surface area contributed by atoms with E-state index in [2.05, 4.69) is 42.0 Å². The number of aryl methyl sites for hydroxylation is 2. The van der Waals surface area contributed by atoms with E-state index in [0.29, 0.717) is 33.3 Å². The Morgan fingerprint density at radius 1 is 1.17 bits per heavy atom. The molecule has 0 saturated carbocycles. The summed E-state index contributed by atoms with van der Waals surface area (Å²) >= 11 is 3.44. The number of thioether (sulfide) groups is 1. The van der Waals surface area contributed by atoms with E-state index >= 15 is 0 Å². The van der Waals surface area contributed by atoms with Crippen LogP contribution in [0.4, 0.5) is 5.69 Å². The Morgan fingerprint density at radius 2 is 1.83 bits per heavy atom. The van der Waals surface area contributed by atoms with Crippen LogP contribution in [0.15, 0.2) is 52.4 Å². The van der Waals surface area contributed by atoms with Gasteiger partial charge in [-0.2, -0.15) is 0 Å². The average molecular weight is 537 g/mol. The number of nitro benzene ring substituents is 1. The van der Waals surface area contributed by atoms with Crippen molar-refractivity contribution >= 4 is 40.0 Å². The number of nitro groups is 1. The number of rotatable bonds is 8. The minimum absolute atomic E-state index is 0.0220. The molecule has 0 atom stereocenters. The van der Waals surface area contributed by atoms with Crippen LogP contribution >= 0.6 is 34.4 Å². The summed E-state index contributed by atoms with van der Waals surface area (Å²) in [6.45, 7) is 4.49. The van der Waals surface area contributed by atoms with Crippen LogP contribution in [0.5, 0.6) is 5.75 Å². The van der Waals surface area contributed by atoms with Crippen LogP contribution in [-0.2, 0) is 6.42 Å². The van der Waals surface area contributed by atoms with E-state index in [-0.39, 0.29) is 11.2 Å². The fourth-order valence-corrected chi connectivity index (χ4v) is 4.14. The van der Waals surface area contributed by atoms with E-state index in [1.165, 1.54) is 35.0 Å². The van der Waals surface area contributed by atoms with Crippen molar-refractivity contribution in [2.45, 2.75) is 25.4 Å². The van der Waals surface area contributed by atoms with Gasteiger partial charge in [-0.15, -0.1) is 0 Å². The molecule has 0 aliphatic rings. The number of hydrogen-bond donors (Lipinski definition) is 1. The molecule has 30 heavy (non-hydrogen) atoms. The summed E-state index contributed by atoms with van der Waals surface area (Å²) in [5.74, 6) is 1.13. The number of non-ortho nitro benzene ring substituents is 1. The molecule has 0 aliphatic carbocycles. The molecule has 0 radical (unpaired) electrons. The van der Waals surface area contributed by atoms with Gasteiger partial charge in [-0.1, -0.05) is 41.1 Å². The summed E-state index contributed by atoms with van der Waals surface area (Å²) in [4.78, 5) is 30.0. The van der Waals surface area contributed by atoms with Crippen molar-refractivity contribution < 1.29 is 9.66 Å². The second-order valence-corrected chi connectivity index (χ2v) is 8.91. The Bertz CT molecular complexity index is 1100. The van der Waals surface area contributed by atoms with Crippen molar-refractivity contribution in [2.75, 3.05) is 12.4 Å². The van der Waals surface area contributed by atoms with Gasteiger partial charge in [0.05, 0.1) is 17.2 Å². The van der Waals surface area contributed by atoms with Gasteiger partial charge >= 0.3 is 0 Å². The summed E-state index contributed by atoms with van der Waals surface area (Å²) in [6.07, 6.45) is 0.595. The highest BCUT2D eigenvalue weighted by Gasteiger charge is 2.11. The van der Waals surface area contributed by atoms with Crippen LogP contribution in [0.25, 0.3) is 0 Å². The van der Waals surface area contributed by atoms with Crippen molar-refractivity contribution in [2.24, 2.45) is 0 Å². The Labute approximate surface area is 191 Å². The minimum atomic E-state index is -0.450. The molecule has 0 spiro atoms. The van der Waals surface area contributed by atoms with Crippen LogP contribution < -0.4 is 10.3 Å². The maximum absolute atomic E-state index is 12.3. The Kier molecular flexibility index (Phi) is 7.48. The first-order valence-corrected chi connectivity index (χ1v) is 11.2. The van der Waals surface area contributed by atoms with Crippen molar-refractivity contribution in [3.05, 3.63) is 88.9 Å². The van der Waals surface area contributed by atoms with Gasteiger partial charge in [0, 0.05) is 24.3 Å². The molecular weight excluding hydrogens is 517 g/mol.